The lowest BCUT2D eigenvalue weighted by Gasteiger charge is -1.99. The number of hydrogen-bond acceptors (Lipinski definition) is 5. The smallest absolute Gasteiger partial charge is 0.416 e. The van der Waals surface area contributed by atoms with Gasteiger partial charge >= 0.3 is 12.1 Å². The summed E-state index contributed by atoms with van der Waals surface area (Å²) < 4.78 is 136. The van der Waals surface area contributed by atoms with Crippen LogP contribution >= 0.6 is 0 Å². The molecule has 0 heterocycles. The molecule has 0 saturated carbocycles. The normalized spacial score (nSPS) is 6.52. The maximum absolute atomic E-state index is 11.2. The molecule has 5 nitrogen and oxygen atoms in total. The van der Waals surface area contributed by atoms with Crippen LogP contribution in [0.3, 0.4) is 0 Å². The lowest BCUT2D eigenvalue weighted by atomic mass is 10.6. The number of hydrogen-bond donors (Lipinski definition) is 1. The second-order valence-electron chi connectivity index (χ2n) is 3.68. The number of rotatable bonds is 8. The van der Waals surface area contributed by atoms with E-state index in [0.29, 0.717) is 21.5 Å². The fourth-order valence-electron chi connectivity index (χ4n) is 0.434. The number of ether oxygens (including phenoxy) is 3. The Morgan fingerprint density at radius 2 is 0.864 bits per heavy atom. The number of halogens is 12. The Kier molecular flexibility index (Phi) is 351. The molecule has 0 aliphatic carbocycles. The quantitative estimate of drug-likeness (QED) is 0.118. The van der Waals surface area contributed by atoms with E-state index in [2.05, 4.69) is 20.8 Å². The van der Waals surface area contributed by atoms with Crippen LogP contribution in [0.25, 0.3) is 0 Å². The van der Waals surface area contributed by atoms with Gasteiger partial charge in [-0.1, -0.05) is 58.6 Å². The second kappa shape index (κ2) is 148. The molecule has 0 radical (unpaired) electrons. The minimum Gasteiger partial charge on any atom is -0.460 e. The summed E-state index contributed by atoms with van der Waals surface area (Å²) in [5, 5.41) is 7.91. The van der Waals surface area contributed by atoms with Gasteiger partial charge in [0, 0.05) is 6.08 Å². The highest BCUT2D eigenvalue weighted by molar-refractivity contribution is 5.81. The molecule has 0 rings (SSSR count). The predicted molar refractivity (Wildman–Crippen MR) is 167 cm³/mol. The third-order valence-electron chi connectivity index (χ3n) is 1.18. The molecule has 0 aromatic heterocycles. The third-order valence-corrected chi connectivity index (χ3v) is 1.18. The molecule has 0 fully saturated rings. The summed E-state index contributed by atoms with van der Waals surface area (Å²) in [7, 11) is 1.50. The lowest BCUT2D eigenvalue weighted by molar-refractivity contribution is -0.142. The molecule has 292 valence electrons. The largest absolute Gasteiger partial charge is 0.460 e. The van der Waals surface area contributed by atoms with E-state index in [0.717, 1.165) is 6.08 Å². The van der Waals surface area contributed by atoms with Gasteiger partial charge in [-0.05, 0) is 20.8 Å². The van der Waals surface area contributed by atoms with Crippen molar-refractivity contribution in [3.63, 3.8) is 0 Å². The SMILES string of the molecule is C.C.C.C.C.C.C.C=CC(=O)OCCOCF.CCF.CCF.CCF.CF.CF.CF.FCC(F)(F)F.OCCOCF. The van der Waals surface area contributed by atoms with Crippen molar-refractivity contribution < 1.29 is 76.8 Å². The Hall–Kier alpha value is -1.75. The van der Waals surface area contributed by atoms with Crippen LogP contribution in [0.15, 0.2) is 12.7 Å². The van der Waals surface area contributed by atoms with E-state index in [9.17, 15) is 57.5 Å². The highest BCUT2D eigenvalue weighted by atomic mass is 19.4. The zero-order valence-corrected chi connectivity index (χ0v) is 22.0. The first-order valence-electron chi connectivity index (χ1n) is 9.64. The minimum absolute atomic E-state index is 0. The molecule has 0 atom stereocenters. The topological polar surface area (TPSA) is 65.0 Å². The molecule has 44 heavy (non-hydrogen) atoms. The molecular weight excluding hydrogens is 632 g/mol. The number of alkyl halides is 12. The molecule has 0 aromatic carbocycles. The van der Waals surface area contributed by atoms with Gasteiger partial charge in [0.25, 0.3) is 0 Å². The first kappa shape index (κ1) is 104. The van der Waals surface area contributed by atoms with Gasteiger partial charge in [0.05, 0.1) is 61.4 Å². The molecule has 0 bridgehead atoms. The van der Waals surface area contributed by atoms with Crippen LogP contribution in [0.5, 0.6) is 0 Å². The first-order valence-corrected chi connectivity index (χ1v) is 9.64. The van der Waals surface area contributed by atoms with Crippen LogP contribution in [0.2, 0.25) is 0 Å². The van der Waals surface area contributed by atoms with Gasteiger partial charge in [0.2, 0.25) is 0 Å². The van der Waals surface area contributed by atoms with E-state index in [1.54, 1.807) is 0 Å². The van der Waals surface area contributed by atoms with Crippen LogP contribution in [0, 0.1) is 0 Å². The fraction of sp³-hybridized carbons (Fsp3) is 0.889. The van der Waals surface area contributed by atoms with E-state index < -0.39 is 32.5 Å². The van der Waals surface area contributed by atoms with E-state index in [1.807, 2.05) is 0 Å². The summed E-state index contributed by atoms with van der Waals surface area (Å²) >= 11 is 0. The minimum atomic E-state index is -4.62. The van der Waals surface area contributed by atoms with Gasteiger partial charge < -0.3 is 19.3 Å². The van der Waals surface area contributed by atoms with Crippen molar-refractivity contribution in [3.05, 3.63) is 12.7 Å². The van der Waals surface area contributed by atoms with Gasteiger partial charge in [-0.3, -0.25) is 26.3 Å². The molecule has 0 unspecified atom stereocenters. The molecule has 1 N–H and O–H groups in total. The van der Waals surface area contributed by atoms with Gasteiger partial charge in [0.15, 0.2) is 20.4 Å². The van der Waals surface area contributed by atoms with Crippen molar-refractivity contribution in [2.75, 3.05) is 88.4 Å². The Morgan fingerprint density at radius 1 is 0.636 bits per heavy atom. The summed E-state index contributed by atoms with van der Waals surface area (Å²) in [6, 6.07) is 0. The number of carbonyl (C=O) groups excluding carboxylic acids is 1. The average molecular weight is 703 g/mol. The van der Waals surface area contributed by atoms with Crippen molar-refractivity contribution in [2.24, 2.45) is 0 Å². The van der Waals surface area contributed by atoms with Crippen molar-refractivity contribution in [3.8, 4) is 0 Å². The zero-order chi connectivity index (χ0) is 32.0. The monoisotopic (exact) mass is 703 g/mol. The van der Waals surface area contributed by atoms with Crippen LogP contribution < -0.4 is 0 Å². The molecule has 0 aliphatic heterocycles. The van der Waals surface area contributed by atoms with Gasteiger partial charge in [-0.15, -0.1) is 0 Å². The van der Waals surface area contributed by atoms with Crippen LogP contribution in [0.4, 0.5) is 52.7 Å². The molecule has 0 aromatic rings. The molecule has 0 saturated heterocycles. The van der Waals surface area contributed by atoms with Crippen molar-refractivity contribution >= 4 is 5.97 Å². The van der Waals surface area contributed by atoms with Gasteiger partial charge in [0.1, 0.15) is 6.61 Å². The summed E-state index contributed by atoms with van der Waals surface area (Å²) in [6.45, 7) is 3.04. The standard InChI is InChI=1S/C6H9FO3.C3H7FO2.C2H2F4.3C2H5F.3CH3F.7CH4/c1-2-6(8)10-4-3-9-5-7;4-3-6-2-1-5;3-1-2(4,5)6;3*1-2-3;3*1-2;;;;;;;/h2H,1,3-5H2;5H,1-3H2;1H2;3*2H2,1H3;3*1H3;7*1H4. The summed E-state index contributed by atoms with van der Waals surface area (Å²) in [5.74, 6) is -0.526. The maximum atomic E-state index is 11.2. The summed E-state index contributed by atoms with van der Waals surface area (Å²) in [6.07, 6.45) is -3.59. The van der Waals surface area contributed by atoms with Gasteiger partial charge in [-0.25, -0.2) is 18.0 Å². The number of aliphatic hydroxyl groups excluding tert-OH is 1. The highest BCUT2D eigenvalue weighted by Crippen LogP contribution is 2.13. The van der Waals surface area contributed by atoms with Crippen LogP contribution in [-0.2, 0) is 19.0 Å². The van der Waals surface area contributed by atoms with Crippen molar-refractivity contribution in [1.29, 1.82) is 0 Å². The van der Waals surface area contributed by atoms with Crippen LogP contribution in [-0.4, -0.2) is 106 Å². The van der Waals surface area contributed by atoms with E-state index >= 15 is 0 Å². The van der Waals surface area contributed by atoms with E-state index in [-0.39, 0.29) is 98.4 Å². The summed E-state index contributed by atoms with van der Waals surface area (Å²) in [5.41, 5.74) is 0. The van der Waals surface area contributed by atoms with Crippen LogP contribution in [0.1, 0.15) is 72.8 Å². The fourth-order valence-corrected chi connectivity index (χ4v) is 0.434. The zero-order valence-electron chi connectivity index (χ0n) is 22.0. The third kappa shape index (κ3) is 413. The predicted octanol–water partition coefficient (Wildman–Crippen LogP) is 11.2. The van der Waals surface area contributed by atoms with E-state index in [1.165, 1.54) is 20.8 Å². The maximum Gasteiger partial charge on any atom is 0.416 e. The number of carbonyl (C=O) groups is 1. The Morgan fingerprint density at radius 3 is 1.00 bits per heavy atom. The number of aliphatic hydroxyl groups is 1. The van der Waals surface area contributed by atoms with Crippen molar-refractivity contribution in [2.45, 2.75) is 78.9 Å². The molecule has 0 aliphatic rings. The Labute approximate surface area is 263 Å². The number of esters is 1. The summed E-state index contributed by atoms with van der Waals surface area (Å²) in [4.78, 5) is 10.3. The average Bonchev–Trinajstić information content (AvgIpc) is 2.90. The Balaban J connectivity index is -0.0000000149. The Bertz CT molecular complexity index is 302. The van der Waals surface area contributed by atoms with Gasteiger partial charge in [-0.2, -0.15) is 13.2 Å². The molecule has 0 amide bonds. The van der Waals surface area contributed by atoms with Crippen molar-refractivity contribution in [1.82, 2.24) is 0 Å². The second-order valence-corrected chi connectivity index (χ2v) is 3.68. The molecular formula is C27H70F12O5. The first-order chi connectivity index (χ1) is 17.5. The van der Waals surface area contributed by atoms with E-state index in [4.69, 9.17) is 5.11 Å². The molecule has 0 spiro atoms. The lowest BCUT2D eigenvalue weighted by Crippen LogP contribution is -2.08. The highest BCUT2D eigenvalue weighted by Gasteiger charge is 2.26. The molecule has 17 heteroatoms.